The third kappa shape index (κ3) is 5.68. The predicted octanol–water partition coefficient (Wildman–Crippen LogP) is 4.52. The maximum Gasteiger partial charge on any atom is 0.121 e. The summed E-state index contributed by atoms with van der Waals surface area (Å²) in [7, 11) is 0. The van der Waals surface area contributed by atoms with Crippen molar-refractivity contribution < 1.29 is 9.47 Å². The molecule has 118 valence electrons. The Hall–Kier alpha value is -2.16. The van der Waals surface area contributed by atoms with E-state index in [-0.39, 0.29) is 0 Å². The number of benzene rings is 2. The molecular weight excluding hydrogens is 274 g/mol. The normalized spacial score (nSPS) is 10.5. The lowest BCUT2D eigenvalue weighted by molar-refractivity contribution is 0.271. The maximum atomic E-state index is 5.73. The summed E-state index contributed by atoms with van der Waals surface area (Å²) in [6.45, 7) is 8.46. The van der Waals surface area contributed by atoms with Crippen LogP contribution in [-0.4, -0.2) is 19.8 Å². The van der Waals surface area contributed by atoms with Gasteiger partial charge in [0.25, 0.3) is 0 Å². The zero-order valence-electron chi connectivity index (χ0n) is 13.6. The van der Waals surface area contributed by atoms with E-state index in [0.29, 0.717) is 12.5 Å². The second-order valence-corrected chi connectivity index (χ2v) is 5.82. The second kappa shape index (κ2) is 8.32. The van der Waals surface area contributed by atoms with Gasteiger partial charge in [0.15, 0.2) is 0 Å². The van der Waals surface area contributed by atoms with Crippen LogP contribution in [0.1, 0.15) is 19.4 Å². The summed E-state index contributed by atoms with van der Waals surface area (Å²) in [6.07, 6.45) is 0. The van der Waals surface area contributed by atoms with Crippen molar-refractivity contribution in [2.75, 3.05) is 25.1 Å². The third-order valence-electron chi connectivity index (χ3n) is 3.11. The van der Waals surface area contributed by atoms with E-state index in [1.54, 1.807) is 0 Å². The molecule has 3 nitrogen and oxygen atoms in total. The lowest BCUT2D eigenvalue weighted by Crippen LogP contribution is -2.11. The van der Waals surface area contributed by atoms with Crippen molar-refractivity contribution in [3.63, 3.8) is 0 Å². The molecule has 0 aliphatic rings. The van der Waals surface area contributed by atoms with Gasteiger partial charge < -0.3 is 14.8 Å². The number of aryl methyl sites for hydroxylation is 1. The molecule has 0 saturated heterocycles. The predicted molar refractivity (Wildman–Crippen MR) is 91.9 cm³/mol. The van der Waals surface area contributed by atoms with E-state index in [1.807, 2.05) is 42.5 Å². The van der Waals surface area contributed by atoms with Crippen LogP contribution in [0.25, 0.3) is 0 Å². The Morgan fingerprint density at radius 2 is 1.68 bits per heavy atom. The van der Waals surface area contributed by atoms with Crippen LogP contribution in [-0.2, 0) is 0 Å². The Balaban J connectivity index is 1.75. The van der Waals surface area contributed by atoms with Crippen molar-refractivity contribution >= 4 is 5.69 Å². The summed E-state index contributed by atoms with van der Waals surface area (Å²) in [5.74, 6) is 2.34. The number of ether oxygens (including phenoxy) is 2. The average molecular weight is 299 g/mol. The molecule has 0 amide bonds. The minimum Gasteiger partial charge on any atom is -0.493 e. The Morgan fingerprint density at radius 3 is 2.41 bits per heavy atom. The van der Waals surface area contributed by atoms with Crippen LogP contribution in [0, 0.1) is 12.8 Å². The van der Waals surface area contributed by atoms with E-state index in [2.05, 4.69) is 32.2 Å². The van der Waals surface area contributed by atoms with Crippen LogP contribution in [0.3, 0.4) is 0 Å². The minimum absolute atomic E-state index is 0.527. The quantitative estimate of drug-likeness (QED) is 0.727. The van der Waals surface area contributed by atoms with Crippen molar-refractivity contribution in [1.29, 1.82) is 0 Å². The molecule has 0 atom stereocenters. The van der Waals surface area contributed by atoms with Gasteiger partial charge in [-0.25, -0.2) is 0 Å². The molecule has 0 heterocycles. The van der Waals surface area contributed by atoms with Crippen LogP contribution in [0.4, 0.5) is 5.69 Å². The first kappa shape index (κ1) is 16.2. The van der Waals surface area contributed by atoms with Gasteiger partial charge in [-0.15, -0.1) is 0 Å². The lowest BCUT2D eigenvalue weighted by atomic mass is 10.2. The van der Waals surface area contributed by atoms with E-state index in [9.17, 15) is 0 Å². The fourth-order valence-corrected chi connectivity index (χ4v) is 2.03. The van der Waals surface area contributed by atoms with Gasteiger partial charge in [-0.3, -0.25) is 0 Å². The van der Waals surface area contributed by atoms with Gasteiger partial charge in [-0.05, 0) is 42.7 Å². The highest BCUT2D eigenvalue weighted by atomic mass is 16.5. The van der Waals surface area contributed by atoms with Crippen LogP contribution in [0.5, 0.6) is 11.5 Å². The molecule has 0 saturated carbocycles. The molecule has 3 heteroatoms. The Kier molecular flexibility index (Phi) is 6.13. The molecule has 0 aromatic heterocycles. The Labute approximate surface area is 133 Å². The molecule has 2 aromatic rings. The minimum atomic E-state index is 0.527. The van der Waals surface area contributed by atoms with Gasteiger partial charge in [-0.1, -0.05) is 32.0 Å². The smallest absolute Gasteiger partial charge is 0.121 e. The monoisotopic (exact) mass is 299 g/mol. The van der Waals surface area contributed by atoms with Crippen LogP contribution < -0.4 is 14.8 Å². The van der Waals surface area contributed by atoms with E-state index >= 15 is 0 Å². The highest BCUT2D eigenvalue weighted by Crippen LogP contribution is 2.18. The summed E-state index contributed by atoms with van der Waals surface area (Å²) < 4.78 is 11.4. The summed E-state index contributed by atoms with van der Waals surface area (Å²) in [5, 5.41) is 3.35. The molecule has 0 aliphatic heterocycles. The number of rotatable bonds is 8. The molecular formula is C19H25NO2. The number of hydrogen-bond acceptors (Lipinski definition) is 3. The first-order valence-corrected chi connectivity index (χ1v) is 7.79. The summed E-state index contributed by atoms with van der Waals surface area (Å²) in [4.78, 5) is 0. The summed E-state index contributed by atoms with van der Waals surface area (Å²) in [6, 6.07) is 16.1. The first-order chi connectivity index (χ1) is 10.6. The molecule has 0 bridgehead atoms. The molecule has 0 unspecified atom stereocenters. The molecule has 0 spiro atoms. The molecule has 2 aromatic carbocycles. The first-order valence-electron chi connectivity index (χ1n) is 7.79. The molecule has 22 heavy (non-hydrogen) atoms. The van der Waals surface area contributed by atoms with E-state index in [1.165, 1.54) is 5.56 Å². The Bertz CT molecular complexity index is 581. The zero-order chi connectivity index (χ0) is 15.8. The summed E-state index contributed by atoms with van der Waals surface area (Å²) >= 11 is 0. The highest BCUT2D eigenvalue weighted by molar-refractivity contribution is 5.48. The van der Waals surface area contributed by atoms with Gasteiger partial charge in [0.2, 0.25) is 0 Å². The standard InChI is InChI=1S/C19H25NO2/c1-15(2)14-22-19-9-5-7-17(13-19)20-10-11-21-18-8-4-6-16(3)12-18/h4-9,12-13,15,20H,10-11,14H2,1-3H3. The van der Waals surface area contributed by atoms with Crippen LogP contribution in [0.2, 0.25) is 0 Å². The van der Waals surface area contributed by atoms with Crippen molar-refractivity contribution in [1.82, 2.24) is 0 Å². The fraction of sp³-hybridized carbons (Fsp3) is 0.368. The van der Waals surface area contributed by atoms with Gasteiger partial charge in [0.05, 0.1) is 6.61 Å². The number of anilines is 1. The number of nitrogens with one attached hydrogen (secondary N) is 1. The maximum absolute atomic E-state index is 5.73. The summed E-state index contributed by atoms with van der Waals surface area (Å²) in [5.41, 5.74) is 2.26. The van der Waals surface area contributed by atoms with Crippen molar-refractivity contribution in [3.05, 3.63) is 54.1 Å². The van der Waals surface area contributed by atoms with E-state index < -0.39 is 0 Å². The van der Waals surface area contributed by atoms with E-state index in [4.69, 9.17) is 9.47 Å². The van der Waals surface area contributed by atoms with Gasteiger partial charge in [0.1, 0.15) is 18.1 Å². The van der Waals surface area contributed by atoms with Crippen molar-refractivity contribution in [2.24, 2.45) is 5.92 Å². The second-order valence-electron chi connectivity index (χ2n) is 5.82. The number of hydrogen-bond donors (Lipinski definition) is 1. The van der Waals surface area contributed by atoms with E-state index in [0.717, 1.165) is 30.3 Å². The average Bonchev–Trinajstić information content (AvgIpc) is 2.50. The third-order valence-corrected chi connectivity index (χ3v) is 3.11. The molecule has 0 radical (unpaired) electrons. The Morgan fingerprint density at radius 1 is 0.955 bits per heavy atom. The molecule has 0 aliphatic carbocycles. The SMILES string of the molecule is Cc1cccc(OCCNc2cccc(OCC(C)C)c2)c1. The van der Waals surface area contributed by atoms with Crippen LogP contribution >= 0.6 is 0 Å². The van der Waals surface area contributed by atoms with Gasteiger partial charge in [0, 0.05) is 18.3 Å². The lowest BCUT2D eigenvalue weighted by Gasteiger charge is -2.12. The topological polar surface area (TPSA) is 30.5 Å². The van der Waals surface area contributed by atoms with Crippen molar-refractivity contribution in [3.8, 4) is 11.5 Å². The largest absolute Gasteiger partial charge is 0.493 e. The fourth-order valence-electron chi connectivity index (χ4n) is 2.03. The zero-order valence-corrected chi connectivity index (χ0v) is 13.6. The molecule has 2 rings (SSSR count). The van der Waals surface area contributed by atoms with Gasteiger partial charge in [-0.2, -0.15) is 0 Å². The van der Waals surface area contributed by atoms with Crippen molar-refractivity contribution in [2.45, 2.75) is 20.8 Å². The molecule has 1 N–H and O–H groups in total. The highest BCUT2D eigenvalue weighted by Gasteiger charge is 1.99. The molecule has 0 fully saturated rings. The van der Waals surface area contributed by atoms with Crippen LogP contribution in [0.15, 0.2) is 48.5 Å². The van der Waals surface area contributed by atoms with Gasteiger partial charge >= 0.3 is 0 Å².